The minimum Gasteiger partial charge on any atom is -0.316 e. The molecule has 2 aliphatic heterocycles. The van der Waals surface area contributed by atoms with E-state index in [2.05, 4.69) is 5.32 Å². The zero-order valence-electron chi connectivity index (χ0n) is 12.1. The van der Waals surface area contributed by atoms with Gasteiger partial charge in [0.05, 0.1) is 16.5 Å². The van der Waals surface area contributed by atoms with E-state index in [1.165, 1.54) is 0 Å². The molecule has 0 aliphatic carbocycles. The molecule has 1 spiro atoms. The van der Waals surface area contributed by atoms with Gasteiger partial charge < -0.3 is 5.32 Å². The average Bonchev–Trinajstić information content (AvgIpc) is 3.09. The highest BCUT2D eigenvalue weighted by Gasteiger charge is 2.44. The molecule has 2 aliphatic rings. The van der Waals surface area contributed by atoms with Crippen LogP contribution in [-0.4, -0.2) is 38.9 Å². The van der Waals surface area contributed by atoms with E-state index in [1.807, 2.05) is 6.07 Å². The Morgan fingerprint density at radius 2 is 2.19 bits per heavy atom. The molecule has 0 aromatic heterocycles. The molecule has 2 saturated heterocycles. The number of hydrogen-bond acceptors (Lipinski definition) is 4. The van der Waals surface area contributed by atoms with Crippen molar-refractivity contribution in [1.29, 1.82) is 5.26 Å². The number of rotatable bonds is 2. The van der Waals surface area contributed by atoms with E-state index in [9.17, 15) is 8.42 Å². The summed E-state index contributed by atoms with van der Waals surface area (Å²) in [4.78, 5) is 0.324. The monoisotopic (exact) mass is 305 g/mol. The third-order valence-electron chi connectivity index (χ3n) is 4.66. The van der Waals surface area contributed by atoms with Crippen LogP contribution >= 0.6 is 0 Å². The normalized spacial score (nSPS) is 26.3. The predicted molar refractivity (Wildman–Crippen MR) is 79.2 cm³/mol. The van der Waals surface area contributed by atoms with Gasteiger partial charge in [-0.25, -0.2) is 8.42 Å². The Bertz CT molecular complexity index is 700. The van der Waals surface area contributed by atoms with Crippen LogP contribution in [-0.2, 0) is 10.0 Å². The molecule has 3 rings (SSSR count). The summed E-state index contributed by atoms with van der Waals surface area (Å²) in [6.07, 6.45) is 1.97. The standard InChI is InChI=1S/C15H19N3O2S/c1-12-8-13(9-16)2-3-14(12)21(19,20)18-7-5-15(11-18)4-6-17-10-15/h2-3,8,17H,4-7,10-11H2,1H3. The summed E-state index contributed by atoms with van der Waals surface area (Å²) in [5.41, 5.74) is 1.25. The Morgan fingerprint density at radius 1 is 1.38 bits per heavy atom. The summed E-state index contributed by atoms with van der Waals surface area (Å²) < 4.78 is 27.2. The van der Waals surface area contributed by atoms with E-state index >= 15 is 0 Å². The predicted octanol–water partition coefficient (Wildman–Crippen LogP) is 1.24. The molecule has 21 heavy (non-hydrogen) atoms. The van der Waals surface area contributed by atoms with Gasteiger partial charge in [-0.1, -0.05) is 0 Å². The highest BCUT2D eigenvalue weighted by molar-refractivity contribution is 7.89. The zero-order chi connectivity index (χ0) is 15.1. The van der Waals surface area contributed by atoms with Crippen molar-refractivity contribution in [2.24, 2.45) is 5.41 Å². The van der Waals surface area contributed by atoms with E-state index < -0.39 is 10.0 Å². The molecule has 1 atom stereocenters. The fraction of sp³-hybridized carbons (Fsp3) is 0.533. The van der Waals surface area contributed by atoms with Crippen molar-refractivity contribution in [2.75, 3.05) is 26.2 Å². The smallest absolute Gasteiger partial charge is 0.243 e. The summed E-state index contributed by atoms with van der Waals surface area (Å²) in [7, 11) is -3.46. The molecule has 0 radical (unpaired) electrons. The maximum atomic E-state index is 12.8. The van der Waals surface area contributed by atoms with Crippen molar-refractivity contribution in [2.45, 2.75) is 24.7 Å². The molecular weight excluding hydrogens is 286 g/mol. The Hall–Kier alpha value is -1.42. The van der Waals surface area contributed by atoms with Gasteiger partial charge in [-0.05, 0) is 55.5 Å². The molecule has 1 unspecified atom stereocenters. The van der Waals surface area contributed by atoms with E-state index in [4.69, 9.17) is 5.26 Å². The topological polar surface area (TPSA) is 73.2 Å². The number of nitrogens with zero attached hydrogens (tertiary/aromatic N) is 2. The largest absolute Gasteiger partial charge is 0.316 e. The summed E-state index contributed by atoms with van der Waals surface area (Å²) in [6.45, 7) is 4.82. The van der Waals surface area contributed by atoms with Gasteiger partial charge >= 0.3 is 0 Å². The van der Waals surface area contributed by atoms with E-state index in [0.717, 1.165) is 25.9 Å². The van der Waals surface area contributed by atoms with Crippen LogP contribution in [0.5, 0.6) is 0 Å². The van der Waals surface area contributed by atoms with Gasteiger partial charge in [-0.3, -0.25) is 0 Å². The first kappa shape index (κ1) is 14.5. The first-order chi connectivity index (χ1) is 9.97. The van der Waals surface area contributed by atoms with Crippen LogP contribution in [0.1, 0.15) is 24.0 Å². The second-order valence-electron chi connectivity index (χ2n) is 6.11. The lowest BCUT2D eigenvalue weighted by atomic mass is 9.87. The second-order valence-corrected chi connectivity index (χ2v) is 8.01. The SMILES string of the molecule is Cc1cc(C#N)ccc1S(=O)(=O)N1CCC2(CCNC2)C1. The lowest BCUT2D eigenvalue weighted by Crippen LogP contribution is -2.33. The third kappa shape index (κ3) is 2.46. The van der Waals surface area contributed by atoms with Crippen molar-refractivity contribution < 1.29 is 8.42 Å². The molecule has 1 aromatic rings. The fourth-order valence-corrected chi connectivity index (χ4v) is 5.15. The molecule has 0 amide bonds. The van der Waals surface area contributed by atoms with Crippen molar-refractivity contribution in [1.82, 2.24) is 9.62 Å². The van der Waals surface area contributed by atoms with Crippen molar-refractivity contribution in [3.63, 3.8) is 0 Å². The highest BCUT2D eigenvalue weighted by atomic mass is 32.2. The maximum absolute atomic E-state index is 12.8. The van der Waals surface area contributed by atoms with Gasteiger partial charge in [0.2, 0.25) is 10.0 Å². The summed E-state index contributed by atoms with van der Waals surface area (Å²) >= 11 is 0. The van der Waals surface area contributed by atoms with Gasteiger partial charge in [-0.15, -0.1) is 0 Å². The van der Waals surface area contributed by atoms with Gasteiger partial charge in [0.15, 0.2) is 0 Å². The van der Waals surface area contributed by atoms with Gasteiger partial charge in [0.25, 0.3) is 0 Å². The van der Waals surface area contributed by atoms with Crippen LogP contribution < -0.4 is 5.32 Å². The van der Waals surface area contributed by atoms with E-state index in [-0.39, 0.29) is 5.41 Å². The van der Waals surface area contributed by atoms with Gasteiger partial charge in [-0.2, -0.15) is 9.57 Å². The van der Waals surface area contributed by atoms with Crippen molar-refractivity contribution in [3.8, 4) is 6.07 Å². The number of benzene rings is 1. The third-order valence-corrected chi connectivity index (χ3v) is 6.66. The summed E-state index contributed by atoms with van der Waals surface area (Å²) in [5.74, 6) is 0. The molecule has 112 valence electrons. The Kier molecular flexibility index (Phi) is 3.52. The van der Waals surface area contributed by atoms with Crippen LogP contribution in [0.2, 0.25) is 0 Å². The number of nitriles is 1. The quantitative estimate of drug-likeness (QED) is 0.892. The fourth-order valence-electron chi connectivity index (χ4n) is 3.39. The van der Waals surface area contributed by atoms with Crippen LogP contribution in [0.4, 0.5) is 0 Å². The number of sulfonamides is 1. The summed E-state index contributed by atoms with van der Waals surface area (Å²) in [6, 6.07) is 6.80. The van der Waals surface area contributed by atoms with Crippen LogP contribution in [0, 0.1) is 23.7 Å². The number of aryl methyl sites for hydroxylation is 1. The first-order valence-corrected chi connectivity index (χ1v) is 8.63. The molecule has 2 heterocycles. The molecule has 5 nitrogen and oxygen atoms in total. The number of nitrogens with one attached hydrogen (secondary N) is 1. The van der Waals surface area contributed by atoms with Crippen LogP contribution in [0.25, 0.3) is 0 Å². The molecule has 1 aromatic carbocycles. The lowest BCUT2D eigenvalue weighted by molar-refractivity contribution is 0.338. The van der Waals surface area contributed by atoms with Gasteiger partial charge in [0, 0.05) is 19.6 Å². The van der Waals surface area contributed by atoms with Crippen molar-refractivity contribution in [3.05, 3.63) is 29.3 Å². The van der Waals surface area contributed by atoms with Crippen molar-refractivity contribution >= 4 is 10.0 Å². The highest BCUT2D eigenvalue weighted by Crippen LogP contribution is 2.38. The van der Waals surface area contributed by atoms with E-state index in [0.29, 0.717) is 29.1 Å². The Labute approximate surface area is 125 Å². The Balaban J connectivity index is 1.90. The zero-order valence-corrected chi connectivity index (χ0v) is 12.9. The maximum Gasteiger partial charge on any atom is 0.243 e. The minimum atomic E-state index is -3.46. The second kappa shape index (κ2) is 5.09. The lowest BCUT2D eigenvalue weighted by Gasteiger charge is -2.23. The molecular formula is C15H19N3O2S. The van der Waals surface area contributed by atoms with Crippen LogP contribution in [0.3, 0.4) is 0 Å². The Morgan fingerprint density at radius 3 is 2.81 bits per heavy atom. The minimum absolute atomic E-state index is 0.119. The molecule has 2 fully saturated rings. The molecule has 0 saturated carbocycles. The van der Waals surface area contributed by atoms with Crippen LogP contribution in [0.15, 0.2) is 23.1 Å². The molecule has 0 bridgehead atoms. The first-order valence-electron chi connectivity index (χ1n) is 7.19. The molecule has 6 heteroatoms. The van der Waals surface area contributed by atoms with E-state index in [1.54, 1.807) is 29.4 Å². The van der Waals surface area contributed by atoms with Gasteiger partial charge in [0.1, 0.15) is 0 Å². The molecule has 1 N–H and O–H groups in total. The average molecular weight is 305 g/mol. The number of hydrogen-bond donors (Lipinski definition) is 1. The summed E-state index contributed by atoms with van der Waals surface area (Å²) in [5, 5.41) is 12.2.